The number of thiazole rings is 1. The summed E-state index contributed by atoms with van der Waals surface area (Å²) in [4.78, 5) is 17.3. The fourth-order valence-electron chi connectivity index (χ4n) is 3.57. The van der Waals surface area contributed by atoms with Crippen molar-refractivity contribution in [1.29, 1.82) is 5.26 Å². The molecule has 1 aromatic heterocycles. The van der Waals surface area contributed by atoms with Gasteiger partial charge in [0.05, 0.1) is 16.3 Å². The highest BCUT2D eigenvalue weighted by Crippen LogP contribution is 2.31. The van der Waals surface area contributed by atoms with Crippen LogP contribution >= 0.6 is 11.3 Å². The van der Waals surface area contributed by atoms with Crippen LogP contribution in [0.4, 0.5) is 5.69 Å². The van der Waals surface area contributed by atoms with Gasteiger partial charge in [-0.25, -0.2) is 4.98 Å². The first kappa shape index (κ1) is 23.2. The maximum absolute atomic E-state index is 12.6. The maximum atomic E-state index is 12.6. The summed E-state index contributed by atoms with van der Waals surface area (Å²) < 4.78 is 1.17. The molecule has 0 spiro atoms. The highest BCUT2D eigenvalue weighted by atomic mass is 32.1. The Morgan fingerprint density at radius 3 is 2.53 bits per heavy atom. The first-order chi connectivity index (χ1) is 16.5. The summed E-state index contributed by atoms with van der Waals surface area (Å²) in [7, 11) is 0. The van der Waals surface area contributed by atoms with Gasteiger partial charge in [-0.15, -0.1) is 11.3 Å². The van der Waals surface area contributed by atoms with E-state index in [0.717, 1.165) is 33.8 Å². The van der Waals surface area contributed by atoms with Crippen molar-refractivity contribution in [2.75, 3.05) is 5.32 Å². The fraction of sp³-hybridized carbons (Fsp3) is 0.179. The van der Waals surface area contributed by atoms with Crippen LogP contribution in [0.3, 0.4) is 0 Å². The number of hydrogen-bond donors (Lipinski definition) is 2. The molecule has 1 unspecified atom stereocenters. The topological polar surface area (TPSA) is 77.8 Å². The molecule has 0 fully saturated rings. The highest BCUT2D eigenvalue weighted by molar-refractivity contribution is 7.21. The molecule has 1 atom stereocenters. The third kappa shape index (κ3) is 5.33. The van der Waals surface area contributed by atoms with Crippen LogP contribution in [0.5, 0.6) is 0 Å². The monoisotopic (exact) mass is 466 g/mol. The molecule has 4 aromatic rings. The van der Waals surface area contributed by atoms with Gasteiger partial charge in [-0.2, -0.15) is 5.26 Å². The summed E-state index contributed by atoms with van der Waals surface area (Å²) >= 11 is 1.66. The zero-order valence-electron chi connectivity index (χ0n) is 19.4. The van der Waals surface area contributed by atoms with Crippen LogP contribution in [-0.2, 0) is 11.2 Å². The second-order valence-corrected chi connectivity index (χ2v) is 9.20. The molecular weight excluding hydrogens is 440 g/mol. The van der Waals surface area contributed by atoms with Crippen molar-refractivity contribution in [3.8, 4) is 16.6 Å². The molecule has 0 aliphatic heterocycles. The summed E-state index contributed by atoms with van der Waals surface area (Å²) in [5, 5.41) is 16.4. The van der Waals surface area contributed by atoms with Gasteiger partial charge < -0.3 is 10.6 Å². The number of amides is 1. The van der Waals surface area contributed by atoms with E-state index in [1.54, 1.807) is 11.3 Å². The minimum Gasteiger partial charge on any atom is -0.360 e. The Morgan fingerprint density at radius 2 is 1.85 bits per heavy atom. The molecular formula is C28H26N4OS. The number of nitriles is 1. The smallest absolute Gasteiger partial charge is 0.263 e. The largest absolute Gasteiger partial charge is 0.360 e. The second kappa shape index (κ2) is 10.3. The number of aryl methyl sites for hydroxylation is 2. The third-order valence-electron chi connectivity index (χ3n) is 5.66. The number of nitrogens with zero attached hydrogens (tertiary/aromatic N) is 2. The van der Waals surface area contributed by atoms with E-state index in [1.807, 2.05) is 55.5 Å². The minimum atomic E-state index is -0.413. The summed E-state index contributed by atoms with van der Waals surface area (Å²) in [6, 6.07) is 23.9. The number of aromatic nitrogens is 1. The molecule has 0 saturated heterocycles. The number of fused-ring (bicyclic) bond motifs is 1. The highest BCUT2D eigenvalue weighted by Gasteiger charge is 2.14. The van der Waals surface area contributed by atoms with E-state index < -0.39 is 5.91 Å². The van der Waals surface area contributed by atoms with Crippen molar-refractivity contribution in [1.82, 2.24) is 10.3 Å². The summed E-state index contributed by atoms with van der Waals surface area (Å²) in [6.45, 7) is 6.09. The Labute approximate surface area is 203 Å². The molecule has 6 heteroatoms. The van der Waals surface area contributed by atoms with Crippen molar-refractivity contribution in [2.45, 2.75) is 33.2 Å². The van der Waals surface area contributed by atoms with E-state index in [1.165, 1.54) is 22.0 Å². The molecule has 0 aliphatic rings. The molecule has 170 valence electrons. The molecule has 0 bridgehead atoms. The average molecular weight is 467 g/mol. The summed E-state index contributed by atoms with van der Waals surface area (Å²) in [5.74, 6) is -0.413. The Morgan fingerprint density at radius 1 is 1.12 bits per heavy atom. The van der Waals surface area contributed by atoms with Gasteiger partial charge >= 0.3 is 0 Å². The molecule has 1 amide bonds. The summed E-state index contributed by atoms with van der Waals surface area (Å²) in [6.07, 6.45) is 2.41. The molecule has 2 N–H and O–H groups in total. The normalized spacial score (nSPS) is 12.2. The van der Waals surface area contributed by atoms with Crippen molar-refractivity contribution >= 4 is 33.1 Å². The van der Waals surface area contributed by atoms with Crippen molar-refractivity contribution in [3.05, 3.63) is 95.2 Å². The van der Waals surface area contributed by atoms with Crippen LogP contribution in [0.2, 0.25) is 0 Å². The van der Waals surface area contributed by atoms with Crippen LogP contribution in [0, 0.1) is 18.3 Å². The zero-order valence-corrected chi connectivity index (χ0v) is 20.2. The Hall–Kier alpha value is -3.95. The maximum Gasteiger partial charge on any atom is 0.263 e. The van der Waals surface area contributed by atoms with E-state index in [-0.39, 0.29) is 11.6 Å². The van der Waals surface area contributed by atoms with Gasteiger partial charge in [0.15, 0.2) is 0 Å². The van der Waals surface area contributed by atoms with Crippen LogP contribution in [0.25, 0.3) is 20.8 Å². The van der Waals surface area contributed by atoms with Gasteiger partial charge in [0.2, 0.25) is 0 Å². The molecule has 3 aromatic carbocycles. The quantitative estimate of drug-likeness (QED) is 0.240. The van der Waals surface area contributed by atoms with E-state index in [2.05, 4.69) is 48.7 Å². The molecule has 0 aliphatic carbocycles. The lowest BCUT2D eigenvalue weighted by Crippen LogP contribution is -2.28. The van der Waals surface area contributed by atoms with Gasteiger partial charge in [-0.1, -0.05) is 37.3 Å². The average Bonchev–Trinajstić information content (AvgIpc) is 3.28. The molecule has 0 saturated carbocycles. The van der Waals surface area contributed by atoms with Crippen LogP contribution in [0.15, 0.2) is 78.5 Å². The van der Waals surface area contributed by atoms with Gasteiger partial charge in [0.25, 0.3) is 5.91 Å². The van der Waals surface area contributed by atoms with Gasteiger partial charge in [0, 0.05) is 17.5 Å². The molecule has 1 heterocycles. The Kier molecular flexibility index (Phi) is 7.05. The van der Waals surface area contributed by atoms with Crippen molar-refractivity contribution in [2.24, 2.45) is 0 Å². The van der Waals surface area contributed by atoms with E-state index >= 15 is 0 Å². The molecule has 34 heavy (non-hydrogen) atoms. The van der Waals surface area contributed by atoms with Crippen molar-refractivity contribution in [3.63, 3.8) is 0 Å². The van der Waals surface area contributed by atoms with Crippen LogP contribution in [-0.4, -0.2) is 10.9 Å². The lowest BCUT2D eigenvalue weighted by Gasteiger charge is -2.14. The number of carbonyl (C=O) groups is 1. The Bertz CT molecular complexity index is 1380. The third-order valence-corrected chi connectivity index (χ3v) is 6.73. The van der Waals surface area contributed by atoms with Crippen molar-refractivity contribution < 1.29 is 4.79 Å². The first-order valence-electron chi connectivity index (χ1n) is 11.2. The van der Waals surface area contributed by atoms with Gasteiger partial charge in [0.1, 0.15) is 16.6 Å². The zero-order chi connectivity index (χ0) is 24.1. The Balaban J connectivity index is 1.41. The number of benzene rings is 3. The van der Waals surface area contributed by atoms with E-state index in [9.17, 15) is 10.1 Å². The first-order valence-corrected chi connectivity index (χ1v) is 12.0. The lowest BCUT2D eigenvalue weighted by atomic mass is 10.0. The molecule has 4 rings (SSSR count). The van der Waals surface area contributed by atoms with E-state index in [0.29, 0.717) is 0 Å². The van der Waals surface area contributed by atoms with E-state index in [4.69, 9.17) is 4.98 Å². The van der Waals surface area contributed by atoms with Crippen LogP contribution in [0.1, 0.15) is 36.6 Å². The fourth-order valence-corrected chi connectivity index (χ4v) is 4.64. The number of rotatable bonds is 7. The molecule has 0 radical (unpaired) electrons. The minimum absolute atomic E-state index is 0.0163. The predicted octanol–water partition coefficient (Wildman–Crippen LogP) is 6.53. The number of anilines is 1. The SMILES string of the molecule is CCc1ccc(C(C)NC(=O)/C(C#N)=C\Nc2ccc(-c3nc4ccc(C)cc4s3)cc2)cc1. The standard InChI is InChI=1S/C28H26N4OS/c1-4-20-6-8-21(9-7-20)19(3)31-27(33)23(16-29)17-30-24-12-10-22(11-13-24)28-32-25-14-5-18(2)15-26(25)34-28/h5-15,17,19,30H,4H2,1-3H3,(H,31,33)/b23-17-. The number of nitrogens with one attached hydrogen (secondary N) is 2. The lowest BCUT2D eigenvalue weighted by molar-refractivity contribution is -0.117. The number of hydrogen-bond acceptors (Lipinski definition) is 5. The predicted molar refractivity (Wildman–Crippen MR) is 139 cm³/mol. The van der Waals surface area contributed by atoms with Gasteiger partial charge in [-0.3, -0.25) is 4.79 Å². The molecule has 5 nitrogen and oxygen atoms in total. The van der Waals surface area contributed by atoms with Gasteiger partial charge in [-0.05, 0) is 73.4 Å². The summed E-state index contributed by atoms with van der Waals surface area (Å²) in [5.41, 5.74) is 6.28. The number of carbonyl (C=O) groups excluding carboxylic acids is 1. The van der Waals surface area contributed by atoms with Crippen LogP contribution < -0.4 is 10.6 Å². The second-order valence-electron chi connectivity index (χ2n) is 8.17.